The molecular formula is C18H26N2O4S. The fraction of sp³-hybridized carbons (Fsp3) is 0.556. The highest BCUT2D eigenvalue weighted by molar-refractivity contribution is 7.91. The molecule has 1 atom stereocenters. The van der Waals surface area contributed by atoms with Crippen molar-refractivity contribution in [2.45, 2.75) is 38.5 Å². The summed E-state index contributed by atoms with van der Waals surface area (Å²) in [6.07, 6.45) is 2.41. The van der Waals surface area contributed by atoms with Gasteiger partial charge < -0.3 is 4.90 Å². The van der Waals surface area contributed by atoms with Gasteiger partial charge in [-0.1, -0.05) is 43.7 Å². The molecule has 7 heteroatoms. The molecule has 1 heterocycles. The van der Waals surface area contributed by atoms with Crippen molar-refractivity contribution in [3.63, 3.8) is 0 Å². The molecule has 1 fully saturated rings. The van der Waals surface area contributed by atoms with E-state index in [1.54, 1.807) is 4.90 Å². The van der Waals surface area contributed by atoms with Gasteiger partial charge in [0.2, 0.25) is 5.91 Å². The monoisotopic (exact) mass is 366 g/mol. The predicted molar refractivity (Wildman–Crippen MR) is 97.1 cm³/mol. The maximum atomic E-state index is 12.3. The number of imide groups is 1. The third-order valence-corrected chi connectivity index (χ3v) is 6.32. The molecular weight excluding hydrogens is 340 g/mol. The Morgan fingerprint density at radius 1 is 1.12 bits per heavy atom. The number of carbonyl (C=O) groups excluding carboxylic acids is 2. The first-order chi connectivity index (χ1) is 11.9. The van der Waals surface area contributed by atoms with Crippen LogP contribution in [0.4, 0.5) is 4.79 Å². The molecule has 1 N–H and O–H groups in total. The summed E-state index contributed by atoms with van der Waals surface area (Å²) in [6.45, 7) is 2.93. The first kappa shape index (κ1) is 19.4. The van der Waals surface area contributed by atoms with Crippen LogP contribution >= 0.6 is 0 Å². The summed E-state index contributed by atoms with van der Waals surface area (Å²) in [5.74, 6) is 0.0864. The number of amides is 3. The van der Waals surface area contributed by atoms with Crippen LogP contribution in [0.1, 0.15) is 44.1 Å². The normalized spacial score (nSPS) is 16.6. The fourth-order valence-corrected chi connectivity index (χ4v) is 4.72. The van der Waals surface area contributed by atoms with Crippen molar-refractivity contribution in [3.8, 4) is 0 Å². The molecule has 0 aliphatic carbocycles. The molecule has 0 spiro atoms. The molecule has 2 rings (SSSR count). The number of unbranched alkanes of at least 4 members (excludes halogenated alkanes) is 2. The highest BCUT2D eigenvalue weighted by Crippen LogP contribution is 2.18. The van der Waals surface area contributed by atoms with Crippen LogP contribution in [-0.4, -0.2) is 49.9 Å². The van der Waals surface area contributed by atoms with E-state index in [0.717, 1.165) is 18.4 Å². The fourth-order valence-electron chi connectivity index (χ4n) is 2.96. The smallest absolute Gasteiger partial charge is 0.324 e. The number of benzene rings is 1. The Morgan fingerprint density at radius 2 is 1.84 bits per heavy atom. The second-order valence-electron chi connectivity index (χ2n) is 6.58. The zero-order valence-corrected chi connectivity index (χ0v) is 15.4. The maximum absolute atomic E-state index is 12.3. The van der Waals surface area contributed by atoms with Crippen molar-refractivity contribution in [2.75, 3.05) is 24.6 Å². The Balaban J connectivity index is 1.66. The minimum Gasteiger partial charge on any atom is -0.324 e. The minimum atomic E-state index is -3.09. The third-order valence-electron chi connectivity index (χ3n) is 4.40. The molecule has 0 aromatic heterocycles. The maximum Gasteiger partial charge on any atom is 0.324 e. The van der Waals surface area contributed by atoms with E-state index in [-0.39, 0.29) is 29.4 Å². The van der Waals surface area contributed by atoms with Crippen LogP contribution in [0.3, 0.4) is 0 Å². The lowest BCUT2D eigenvalue weighted by atomic mass is 10.0. The highest BCUT2D eigenvalue weighted by atomic mass is 32.2. The zero-order valence-electron chi connectivity index (χ0n) is 14.6. The van der Waals surface area contributed by atoms with Gasteiger partial charge in [-0.2, -0.15) is 0 Å². The van der Waals surface area contributed by atoms with Crippen molar-refractivity contribution in [3.05, 3.63) is 35.9 Å². The van der Waals surface area contributed by atoms with Gasteiger partial charge in [-0.25, -0.2) is 13.2 Å². The highest BCUT2D eigenvalue weighted by Gasteiger charge is 2.22. The molecule has 6 nitrogen and oxygen atoms in total. The van der Waals surface area contributed by atoms with Crippen LogP contribution in [0, 0.1) is 0 Å². The van der Waals surface area contributed by atoms with Crippen LogP contribution < -0.4 is 5.32 Å². The Labute approximate surface area is 149 Å². The Kier molecular flexibility index (Phi) is 6.99. The lowest BCUT2D eigenvalue weighted by Crippen LogP contribution is -2.49. The molecule has 0 bridgehead atoms. The molecule has 138 valence electrons. The van der Waals surface area contributed by atoms with Crippen molar-refractivity contribution in [2.24, 2.45) is 0 Å². The van der Waals surface area contributed by atoms with E-state index >= 15 is 0 Å². The molecule has 1 saturated heterocycles. The van der Waals surface area contributed by atoms with Gasteiger partial charge in [-0.15, -0.1) is 0 Å². The van der Waals surface area contributed by atoms with E-state index in [2.05, 4.69) is 5.32 Å². The molecule has 1 aliphatic heterocycles. The van der Waals surface area contributed by atoms with Crippen molar-refractivity contribution < 1.29 is 18.0 Å². The van der Waals surface area contributed by atoms with Crippen LogP contribution in [0.15, 0.2) is 30.3 Å². The summed E-state index contributed by atoms with van der Waals surface area (Å²) >= 11 is 0. The zero-order chi connectivity index (χ0) is 18.3. The summed E-state index contributed by atoms with van der Waals surface area (Å²) in [7, 11) is -3.09. The lowest BCUT2D eigenvalue weighted by Gasteiger charge is -2.26. The summed E-state index contributed by atoms with van der Waals surface area (Å²) < 4.78 is 24.5. The Hall–Kier alpha value is -1.89. The number of carbonyl (C=O) groups is 2. The summed E-state index contributed by atoms with van der Waals surface area (Å²) in [5.41, 5.74) is 1.04. The van der Waals surface area contributed by atoms with E-state index in [1.807, 2.05) is 37.3 Å². The van der Waals surface area contributed by atoms with Crippen LogP contribution in [0.25, 0.3) is 0 Å². The number of hydrogen-bond donors (Lipinski definition) is 1. The summed E-state index contributed by atoms with van der Waals surface area (Å²) in [4.78, 5) is 24.3. The number of sulfone groups is 1. The van der Waals surface area contributed by atoms with E-state index in [0.29, 0.717) is 25.9 Å². The van der Waals surface area contributed by atoms with Crippen LogP contribution in [0.5, 0.6) is 0 Å². The number of nitrogens with one attached hydrogen (secondary N) is 1. The van der Waals surface area contributed by atoms with E-state index in [1.165, 1.54) is 0 Å². The molecule has 0 unspecified atom stereocenters. The van der Waals surface area contributed by atoms with E-state index in [4.69, 9.17) is 0 Å². The quantitative estimate of drug-likeness (QED) is 0.680. The van der Waals surface area contributed by atoms with E-state index in [9.17, 15) is 18.0 Å². The van der Waals surface area contributed by atoms with Crippen LogP contribution in [-0.2, 0) is 14.6 Å². The average molecular weight is 366 g/mol. The van der Waals surface area contributed by atoms with Gasteiger partial charge in [0.25, 0.3) is 0 Å². The molecule has 25 heavy (non-hydrogen) atoms. The summed E-state index contributed by atoms with van der Waals surface area (Å²) in [6, 6.07) is 9.32. The second kappa shape index (κ2) is 8.99. The van der Waals surface area contributed by atoms with E-state index < -0.39 is 9.84 Å². The lowest BCUT2D eigenvalue weighted by molar-refractivity contribution is -0.121. The predicted octanol–water partition coefficient (Wildman–Crippen LogP) is 2.32. The standard InChI is InChI=1S/C18H26N2O4S/c1-15(16-8-4-2-5-9-16)14-25(23,24)13-7-3-6-11-20-12-10-17(21)19-18(20)22/h2,4-5,8-9,15H,3,6-7,10-14H2,1H3,(H,19,21,22)/t15-/m0/s1. The number of rotatable bonds is 9. The average Bonchev–Trinajstić information content (AvgIpc) is 2.56. The molecule has 3 amide bonds. The van der Waals surface area contributed by atoms with Crippen molar-refractivity contribution in [1.29, 1.82) is 0 Å². The molecule has 0 saturated carbocycles. The summed E-state index contributed by atoms with van der Waals surface area (Å²) in [5, 5.41) is 2.28. The Bertz CT molecular complexity index is 688. The van der Waals surface area contributed by atoms with Crippen LogP contribution in [0.2, 0.25) is 0 Å². The van der Waals surface area contributed by atoms with Gasteiger partial charge in [0.1, 0.15) is 0 Å². The van der Waals surface area contributed by atoms with Gasteiger partial charge in [-0.05, 0) is 24.3 Å². The Morgan fingerprint density at radius 3 is 2.52 bits per heavy atom. The third kappa shape index (κ3) is 6.49. The van der Waals surface area contributed by atoms with Gasteiger partial charge in [0, 0.05) is 19.5 Å². The van der Waals surface area contributed by atoms with Gasteiger partial charge >= 0.3 is 6.03 Å². The molecule has 1 aromatic carbocycles. The van der Waals surface area contributed by atoms with Crippen molar-refractivity contribution >= 4 is 21.8 Å². The number of hydrogen-bond acceptors (Lipinski definition) is 4. The number of urea groups is 1. The number of nitrogens with zero attached hydrogens (tertiary/aromatic N) is 1. The van der Waals surface area contributed by atoms with Gasteiger partial charge in [0.15, 0.2) is 9.84 Å². The first-order valence-corrected chi connectivity index (χ1v) is 10.5. The van der Waals surface area contributed by atoms with Gasteiger partial charge in [-0.3, -0.25) is 10.1 Å². The molecule has 1 aromatic rings. The molecule has 1 aliphatic rings. The largest absolute Gasteiger partial charge is 0.324 e. The second-order valence-corrected chi connectivity index (χ2v) is 8.81. The topological polar surface area (TPSA) is 83.6 Å². The SMILES string of the molecule is C[C@@H](CS(=O)(=O)CCCCCN1CCC(=O)NC1=O)c1ccccc1. The van der Waals surface area contributed by atoms with Gasteiger partial charge in [0.05, 0.1) is 11.5 Å². The first-order valence-electron chi connectivity index (χ1n) is 8.71. The molecule has 0 radical (unpaired) electrons. The minimum absolute atomic E-state index is 0.0132. The van der Waals surface area contributed by atoms with Crippen molar-refractivity contribution in [1.82, 2.24) is 10.2 Å².